The van der Waals surface area contributed by atoms with E-state index in [9.17, 15) is 18.0 Å². The third-order valence-electron chi connectivity index (χ3n) is 4.63. The number of aromatic nitrogens is 2. The Morgan fingerprint density at radius 2 is 1.83 bits per heavy atom. The Morgan fingerprint density at radius 1 is 1.13 bits per heavy atom. The predicted octanol–water partition coefficient (Wildman–Crippen LogP) is 5.36. The number of hydrogen-bond donors (Lipinski definition) is 0. The number of fused-ring (bicyclic) bond motifs is 1. The molecular weight excluding hydrogens is 397 g/mol. The Labute approximate surface area is 171 Å². The molecule has 0 aliphatic rings. The van der Waals surface area contributed by atoms with E-state index in [2.05, 4.69) is 16.4 Å². The monoisotopic (exact) mass is 418 g/mol. The van der Waals surface area contributed by atoms with E-state index in [-0.39, 0.29) is 6.54 Å². The summed E-state index contributed by atoms with van der Waals surface area (Å²) in [5.41, 5.74) is 0.948. The lowest BCUT2D eigenvalue weighted by atomic mass is 9.93. The highest BCUT2D eigenvalue weighted by molar-refractivity contribution is 5.93. The van der Waals surface area contributed by atoms with Crippen LogP contribution >= 0.6 is 0 Å². The fourth-order valence-electron chi connectivity index (χ4n) is 2.98. The highest BCUT2D eigenvalue weighted by atomic mass is 19.4. The number of alkyl halides is 3. The van der Waals surface area contributed by atoms with Crippen molar-refractivity contribution in [3.63, 3.8) is 0 Å². The molecule has 0 bridgehead atoms. The number of carbonyl (C=O) groups excluding carboxylic acids is 1. The van der Waals surface area contributed by atoms with Crippen molar-refractivity contribution in [1.29, 1.82) is 0 Å². The number of benzene rings is 2. The second kappa shape index (κ2) is 7.85. The van der Waals surface area contributed by atoms with E-state index in [0.29, 0.717) is 11.4 Å². The van der Waals surface area contributed by atoms with Gasteiger partial charge in [-0.2, -0.15) is 18.3 Å². The largest absolute Gasteiger partial charge is 0.497 e. The molecule has 0 amide bonds. The van der Waals surface area contributed by atoms with Crippen LogP contribution in [0.15, 0.2) is 60.9 Å². The molecule has 2 aromatic carbocycles. The molecule has 0 atom stereocenters. The number of methoxy groups -OCH3 is 1. The van der Waals surface area contributed by atoms with Gasteiger partial charge in [0.1, 0.15) is 11.4 Å². The van der Waals surface area contributed by atoms with Crippen LogP contribution in [0.3, 0.4) is 0 Å². The summed E-state index contributed by atoms with van der Waals surface area (Å²) < 4.78 is 49.4. The zero-order valence-corrected chi connectivity index (χ0v) is 16.8. The van der Waals surface area contributed by atoms with Crippen LogP contribution in [0.2, 0.25) is 0 Å². The first-order chi connectivity index (χ1) is 14.0. The van der Waals surface area contributed by atoms with Crippen molar-refractivity contribution in [2.75, 3.05) is 7.11 Å². The van der Waals surface area contributed by atoms with Crippen molar-refractivity contribution in [2.45, 2.75) is 26.6 Å². The highest BCUT2D eigenvalue weighted by Gasteiger charge is 2.39. The van der Waals surface area contributed by atoms with E-state index >= 15 is 0 Å². The molecule has 0 N–H and O–H groups in total. The summed E-state index contributed by atoms with van der Waals surface area (Å²) >= 11 is 0. The first-order valence-electron chi connectivity index (χ1n) is 9.11. The molecule has 158 valence electrons. The standard InChI is InChI=1S/C22H21F3N2O3/c1-14(22(23,24)25)30-20(28)21(2,3)13-27-18-11-6-5-10-17(18)19(26-27)15-8-7-9-16(12-15)29-4/h5-12H,1,13H2,2-4H3. The number of ether oxygens (including phenoxy) is 2. The quantitative estimate of drug-likeness (QED) is 0.400. The summed E-state index contributed by atoms with van der Waals surface area (Å²) in [7, 11) is 1.57. The number of halogens is 3. The van der Waals surface area contributed by atoms with Gasteiger partial charge in [0.2, 0.25) is 5.76 Å². The lowest BCUT2D eigenvalue weighted by molar-refractivity contribution is -0.168. The van der Waals surface area contributed by atoms with E-state index in [1.165, 1.54) is 13.8 Å². The number of allylic oxidation sites excluding steroid dienone is 1. The van der Waals surface area contributed by atoms with Crippen LogP contribution in [0, 0.1) is 5.41 Å². The molecule has 5 nitrogen and oxygen atoms in total. The van der Waals surface area contributed by atoms with Gasteiger partial charge in [-0.15, -0.1) is 0 Å². The number of hydrogen-bond acceptors (Lipinski definition) is 4. The van der Waals surface area contributed by atoms with Crippen molar-refractivity contribution in [1.82, 2.24) is 9.78 Å². The average Bonchev–Trinajstić information content (AvgIpc) is 3.05. The van der Waals surface area contributed by atoms with Crippen LogP contribution in [0.25, 0.3) is 22.2 Å². The highest BCUT2D eigenvalue weighted by Crippen LogP contribution is 2.33. The van der Waals surface area contributed by atoms with Crippen LogP contribution in [-0.2, 0) is 16.1 Å². The van der Waals surface area contributed by atoms with Gasteiger partial charge in [0, 0.05) is 10.9 Å². The second-order valence-corrected chi connectivity index (χ2v) is 7.45. The molecule has 8 heteroatoms. The van der Waals surface area contributed by atoms with Crippen molar-refractivity contribution >= 4 is 16.9 Å². The molecule has 3 aromatic rings. The Kier molecular flexibility index (Phi) is 5.61. The van der Waals surface area contributed by atoms with Gasteiger partial charge < -0.3 is 9.47 Å². The minimum absolute atomic E-state index is 0.0153. The first-order valence-corrected chi connectivity index (χ1v) is 9.11. The Hall–Kier alpha value is -3.29. The number of nitrogens with zero attached hydrogens (tertiary/aromatic N) is 2. The molecule has 0 saturated heterocycles. The molecule has 1 aromatic heterocycles. The lowest BCUT2D eigenvalue weighted by Gasteiger charge is -2.23. The fraction of sp³-hybridized carbons (Fsp3) is 0.273. The van der Waals surface area contributed by atoms with Crippen LogP contribution < -0.4 is 4.74 Å². The smallest absolute Gasteiger partial charge is 0.449 e. The van der Waals surface area contributed by atoms with E-state index in [1.807, 2.05) is 48.5 Å². The van der Waals surface area contributed by atoms with Crippen molar-refractivity contribution < 1.29 is 27.4 Å². The minimum Gasteiger partial charge on any atom is -0.497 e. The van der Waals surface area contributed by atoms with Gasteiger partial charge in [0.05, 0.1) is 24.6 Å². The van der Waals surface area contributed by atoms with Crippen molar-refractivity contribution in [2.24, 2.45) is 5.41 Å². The number of para-hydroxylation sites is 1. The van der Waals surface area contributed by atoms with E-state index in [0.717, 1.165) is 16.5 Å². The summed E-state index contributed by atoms with van der Waals surface area (Å²) in [5, 5.41) is 5.48. The normalized spacial score (nSPS) is 12.1. The maximum absolute atomic E-state index is 12.7. The molecule has 0 aliphatic carbocycles. The van der Waals surface area contributed by atoms with Gasteiger partial charge >= 0.3 is 12.1 Å². The number of esters is 1. The zero-order chi connectivity index (χ0) is 22.1. The lowest BCUT2D eigenvalue weighted by Crippen LogP contribution is -2.33. The molecule has 1 heterocycles. The summed E-state index contributed by atoms with van der Waals surface area (Å²) in [6.07, 6.45) is -4.80. The van der Waals surface area contributed by atoms with Crippen LogP contribution in [0.1, 0.15) is 13.8 Å². The molecule has 0 spiro atoms. The van der Waals surface area contributed by atoms with Crippen LogP contribution in [-0.4, -0.2) is 29.0 Å². The predicted molar refractivity (Wildman–Crippen MR) is 107 cm³/mol. The van der Waals surface area contributed by atoms with Gasteiger partial charge in [-0.05, 0) is 32.0 Å². The second-order valence-electron chi connectivity index (χ2n) is 7.45. The van der Waals surface area contributed by atoms with Gasteiger partial charge in [0.25, 0.3) is 0 Å². The average molecular weight is 418 g/mol. The third kappa shape index (κ3) is 4.32. The zero-order valence-electron chi connectivity index (χ0n) is 16.8. The van der Waals surface area contributed by atoms with Gasteiger partial charge in [0.15, 0.2) is 0 Å². The van der Waals surface area contributed by atoms with Crippen LogP contribution in [0.5, 0.6) is 5.75 Å². The van der Waals surface area contributed by atoms with E-state index in [4.69, 9.17) is 4.74 Å². The van der Waals surface area contributed by atoms with Crippen molar-refractivity contribution in [3.05, 3.63) is 60.9 Å². The number of carbonyl (C=O) groups is 1. The minimum atomic E-state index is -4.80. The summed E-state index contributed by atoms with van der Waals surface area (Å²) in [6.45, 7) is 5.81. The van der Waals surface area contributed by atoms with Gasteiger partial charge in [-0.3, -0.25) is 9.48 Å². The Balaban J connectivity index is 1.97. The molecule has 0 radical (unpaired) electrons. The topological polar surface area (TPSA) is 53.4 Å². The molecule has 30 heavy (non-hydrogen) atoms. The Bertz CT molecular complexity index is 1100. The molecule has 0 saturated carbocycles. The molecule has 0 fully saturated rings. The summed E-state index contributed by atoms with van der Waals surface area (Å²) in [4.78, 5) is 12.4. The van der Waals surface area contributed by atoms with Gasteiger partial charge in [-0.1, -0.05) is 36.9 Å². The molecule has 0 aliphatic heterocycles. The molecule has 3 rings (SSSR count). The molecular formula is C22H21F3N2O3. The van der Waals surface area contributed by atoms with Gasteiger partial charge in [-0.25, -0.2) is 0 Å². The first kappa shape index (κ1) is 21.4. The number of rotatable bonds is 6. The Morgan fingerprint density at radius 3 is 2.50 bits per heavy atom. The van der Waals surface area contributed by atoms with Crippen molar-refractivity contribution in [3.8, 4) is 17.0 Å². The van der Waals surface area contributed by atoms with Crippen LogP contribution in [0.4, 0.5) is 13.2 Å². The maximum Gasteiger partial charge on any atom is 0.449 e. The SMILES string of the molecule is C=C(OC(=O)C(C)(C)Cn1nc(-c2cccc(OC)c2)c2ccccc21)C(F)(F)F. The summed E-state index contributed by atoms with van der Waals surface area (Å²) in [6, 6.07) is 14.8. The maximum atomic E-state index is 12.7. The fourth-order valence-corrected chi connectivity index (χ4v) is 2.98. The molecule has 0 unspecified atom stereocenters. The van der Waals surface area contributed by atoms with E-state index in [1.54, 1.807) is 11.8 Å². The summed E-state index contributed by atoms with van der Waals surface area (Å²) in [5.74, 6) is -1.91. The third-order valence-corrected chi connectivity index (χ3v) is 4.63. The van der Waals surface area contributed by atoms with E-state index < -0.39 is 23.3 Å².